The highest BCUT2D eigenvalue weighted by molar-refractivity contribution is 7.80. The molecule has 0 saturated carbocycles. The van der Waals surface area contributed by atoms with Crippen LogP contribution in [0.4, 0.5) is 4.39 Å². The van der Waals surface area contributed by atoms with Gasteiger partial charge in [-0.05, 0) is 30.3 Å². The Kier molecular flexibility index (Phi) is 3.47. The molecule has 82 valence electrons. The van der Waals surface area contributed by atoms with E-state index in [0.29, 0.717) is 12.4 Å². The van der Waals surface area contributed by atoms with Gasteiger partial charge in [-0.25, -0.2) is 4.39 Å². The summed E-state index contributed by atoms with van der Waals surface area (Å²) < 4.78 is 18.2. The molecule has 16 heavy (non-hydrogen) atoms. The Hall–Kier alpha value is -1.48. The van der Waals surface area contributed by atoms with Crippen LogP contribution in [0.3, 0.4) is 0 Å². The summed E-state index contributed by atoms with van der Waals surface area (Å²) in [5, 5.41) is 0. The lowest BCUT2D eigenvalue weighted by Gasteiger charge is -2.07. The van der Waals surface area contributed by atoms with Crippen molar-refractivity contribution in [2.45, 2.75) is 11.5 Å². The summed E-state index contributed by atoms with van der Waals surface area (Å²) in [7, 11) is 0. The highest BCUT2D eigenvalue weighted by Crippen LogP contribution is 2.17. The van der Waals surface area contributed by atoms with Gasteiger partial charge in [-0.2, -0.15) is 0 Å². The van der Waals surface area contributed by atoms with Crippen molar-refractivity contribution in [3.8, 4) is 5.75 Å². The molecule has 0 bridgehead atoms. The Bertz CT molecular complexity index is 468. The lowest BCUT2D eigenvalue weighted by Crippen LogP contribution is -1.96. The molecular weight excluding hydrogens is 223 g/mol. The third-order valence-electron chi connectivity index (χ3n) is 2.20. The molecular formula is C13H11FOS. The van der Waals surface area contributed by atoms with Crippen molar-refractivity contribution in [1.82, 2.24) is 0 Å². The molecule has 2 aromatic carbocycles. The van der Waals surface area contributed by atoms with E-state index in [4.69, 9.17) is 4.74 Å². The van der Waals surface area contributed by atoms with Crippen LogP contribution in [0.5, 0.6) is 5.75 Å². The molecule has 0 radical (unpaired) electrons. The number of hydrogen-bond donors (Lipinski definition) is 1. The topological polar surface area (TPSA) is 9.23 Å². The Balaban J connectivity index is 2.02. The molecule has 0 unspecified atom stereocenters. The monoisotopic (exact) mass is 234 g/mol. The first kappa shape index (κ1) is 11.0. The summed E-state index contributed by atoms with van der Waals surface area (Å²) in [5.41, 5.74) is 1.01. The molecule has 0 aromatic heterocycles. The minimum atomic E-state index is -0.262. The average Bonchev–Trinajstić information content (AvgIpc) is 2.30. The highest BCUT2D eigenvalue weighted by Gasteiger charge is 1.99. The van der Waals surface area contributed by atoms with Crippen LogP contribution in [0, 0.1) is 5.82 Å². The zero-order valence-electron chi connectivity index (χ0n) is 8.56. The molecule has 0 atom stereocenters. The Morgan fingerprint density at radius 3 is 2.38 bits per heavy atom. The van der Waals surface area contributed by atoms with Crippen LogP contribution in [-0.2, 0) is 6.61 Å². The summed E-state index contributed by atoms with van der Waals surface area (Å²) in [6.45, 7) is 0.436. The fraction of sp³-hybridized carbons (Fsp3) is 0.0769. The normalized spacial score (nSPS) is 10.1. The molecule has 2 aromatic rings. The number of halogens is 1. The maximum absolute atomic E-state index is 12.6. The number of thiol groups is 1. The van der Waals surface area contributed by atoms with Crippen LogP contribution < -0.4 is 4.74 Å². The van der Waals surface area contributed by atoms with Crippen molar-refractivity contribution < 1.29 is 9.13 Å². The third kappa shape index (κ3) is 2.76. The molecule has 1 nitrogen and oxygen atoms in total. The molecule has 0 saturated heterocycles. The van der Waals surface area contributed by atoms with E-state index in [2.05, 4.69) is 12.6 Å². The van der Waals surface area contributed by atoms with Crippen molar-refractivity contribution in [3.63, 3.8) is 0 Å². The molecule has 0 aliphatic rings. The van der Waals surface area contributed by atoms with Gasteiger partial charge in [0, 0.05) is 10.5 Å². The van der Waals surface area contributed by atoms with Crippen LogP contribution in [0.2, 0.25) is 0 Å². The van der Waals surface area contributed by atoms with Crippen molar-refractivity contribution in [2.24, 2.45) is 0 Å². The summed E-state index contributed by atoms with van der Waals surface area (Å²) in [6, 6.07) is 13.7. The van der Waals surface area contributed by atoms with Gasteiger partial charge >= 0.3 is 0 Å². The fourth-order valence-corrected chi connectivity index (χ4v) is 1.55. The van der Waals surface area contributed by atoms with Gasteiger partial charge < -0.3 is 4.74 Å². The van der Waals surface area contributed by atoms with Gasteiger partial charge in [0.05, 0.1) is 0 Å². The molecule has 2 rings (SSSR count). The molecule has 0 spiro atoms. The second-order valence-corrected chi connectivity index (χ2v) is 3.85. The minimum Gasteiger partial charge on any atom is -0.489 e. The van der Waals surface area contributed by atoms with Crippen LogP contribution >= 0.6 is 12.6 Å². The Morgan fingerprint density at radius 2 is 1.69 bits per heavy atom. The largest absolute Gasteiger partial charge is 0.489 e. The van der Waals surface area contributed by atoms with Crippen LogP contribution in [0.1, 0.15) is 5.56 Å². The molecule has 0 aliphatic carbocycles. The first-order valence-corrected chi connectivity index (χ1v) is 5.35. The van der Waals surface area contributed by atoms with Gasteiger partial charge in [0.2, 0.25) is 0 Å². The molecule has 0 fully saturated rings. The van der Waals surface area contributed by atoms with Crippen LogP contribution in [-0.4, -0.2) is 0 Å². The van der Waals surface area contributed by atoms with E-state index in [-0.39, 0.29) is 5.82 Å². The van der Waals surface area contributed by atoms with E-state index in [1.165, 1.54) is 12.1 Å². The van der Waals surface area contributed by atoms with Gasteiger partial charge in [0.15, 0.2) is 0 Å². The lowest BCUT2D eigenvalue weighted by atomic mass is 10.2. The van der Waals surface area contributed by atoms with E-state index in [9.17, 15) is 4.39 Å². The second-order valence-electron chi connectivity index (χ2n) is 3.37. The standard InChI is InChI=1S/C13H11FOS/c14-11-5-7-12(8-6-11)15-9-10-3-1-2-4-13(10)16/h1-8,16H,9H2. The first-order chi connectivity index (χ1) is 7.75. The zero-order valence-corrected chi connectivity index (χ0v) is 9.45. The number of rotatable bonds is 3. The van der Waals surface area contributed by atoms with E-state index in [1.807, 2.05) is 24.3 Å². The molecule has 0 amide bonds. The predicted molar refractivity (Wildman–Crippen MR) is 64.4 cm³/mol. The van der Waals surface area contributed by atoms with E-state index >= 15 is 0 Å². The summed E-state index contributed by atoms with van der Waals surface area (Å²) in [4.78, 5) is 0.893. The maximum Gasteiger partial charge on any atom is 0.123 e. The first-order valence-electron chi connectivity index (χ1n) is 4.91. The Morgan fingerprint density at radius 1 is 1.00 bits per heavy atom. The van der Waals surface area contributed by atoms with Gasteiger partial charge in [-0.1, -0.05) is 18.2 Å². The third-order valence-corrected chi connectivity index (χ3v) is 2.64. The van der Waals surface area contributed by atoms with Gasteiger partial charge in [0.1, 0.15) is 18.2 Å². The molecule has 0 heterocycles. The Labute approximate surface area is 99.3 Å². The van der Waals surface area contributed by atoms with Crippen molar-refractivity contribution >= 4 is 12.6 Å². The van der Waals surface area contributed by atoms with Gasteiger partial charge in [0.25, 0.3) is 0 Å². The lowest BCUT2D eigenvalue weighted by molar-refractivity contribution is 0.303. The average molecular weight is 234 g/mol. The number of ether oxygens (including phenoxy) is 1. The minimum absolute atomic E-state index is 0.262. The smallest absolute Gasteiger partial charge is 0.123 e. The zero-order chi connectivity index (χ0) is 11.4. The highest BCUT2D eigenvalue weighted by atomic mass is 32.1. The number of hydrogen-bond acceptors (Lipinski definition) is 2. The maximum atomic E-state index is 12.6. The number of benzene rings is 2. The second kappa shape index (κ2) is 5.03. The fourth-order valence-electron chi connectivity index (χ4n) is 1.32. The molecule has 3 heteroatoms. The summed E-state index contributed by atoms with van der Waals surface area (Å²) in [5.74, 6) is 0.389. The quantitative estimate of drug-likeness (QED) is 0.797. The van der Waals surface area contributed by atoms with E-state index < -0.39 is 0 Å². The summed E-state index contributed by atoms with van der Waals surface area (Å²) in [6.07, 6.45) is 0. The van der Waals surface area contributed by atoms with Crippen molar-refractivity contribution in [1.29, 1.82) is 0 Å². The summed E-state index contributed by atoms with van der Waals surface area (Å²) >= 11 is 4.32. The van der Waals surface area contributed by atoms with E-state index in [0.717, 1.165) is 10.5 Å². The van der Waals surface area contributed by atoms with E-state index in [1.54, 1.807) is 12.1 Å². The van der Waals surface area contributed by atoms with Crippen LogP contribution in [0.15, 0.2) is 53.4 Å². The van der Waals surface area contributed by atoms with Crippen LogP contribution in [0.25, 0.3) is 0 Å². The van der Waals surface area contributed by atoms with Gasteiger partial charge in [-0.15, -0.1) is 12.6 Å². The van der Waals surface area contributed by atoms with Gasteiger partial charge in [-0.3, -0.25) is 0 Å². The van der Waals surface area contributed by atoms with Crippen molar-refractivity contribution in [3.05, 3.63) is 59.9 Å². The SMILES string of the molecule is Fc1ccc(OCc2ccccc2S)cc1. The predicted octanol–water partition coefficient (Wildman–Crippen LogP) is 3.69. The van der Waals surface area contributed by atoms with Crippen molar-refractivity contribution in [2.75, 3.05) is 0 Å². The molecule has 0 aliphatic heterocycles. The molecule has 0 N–H and O–H groups in total.